The summed E-state index contributed by atoms with van der Waals surface area (Å²) in [4.78, 5) is 38.9. The van der Waals surface area contributed by atoms with Crippen LogP contribution < -0.4 is 0 Å². The molecule has 2 saturated heterocycles. The van der Waals surface area contributed by atoms with Crippen LogP contribution in [0.25, 0.3) is 10.9 Å². The predicted octanol–water partition coefficient (Wildman–Crippen LogP) is 4.19. The molecule has 6 nitrogen and oxygen atoms in total. The number of aryl methyl sites for hydroxylation is 2. The minimum atomic E-state index is 0.0631. The van der Waals surface area contributed by atoms with Crippen molar-refractivity contribution in [1.82, 2.24) is 19.8 Å². The fraction of sp³-hybridized carbons (Fsp3) is 0.429. The van der Waals surface area contributed by atoms with Crippen LogP contribution in [0.2, 0.25) is 0 Å². The largest absolute Gasteiger partial charge is 0.342 e. The molecule has 6 heteroatoms. The quantitative estimate of drug-likeness (QED) is 0.590. The summed E-state index contributed by atoms with van der Waals surface area (Å²) in [7, 11) is 0. The topological polar surface area (TPSA) is 66.4 Å². The van der Waals surface area contributed by atoms with Crippen LogP contribution in [0, 0.1) is 25.7 Å². The van der Waals surface area contributed by atoms with E-state index in [0.717, 1.165) is 73.0 Å². The Morgan fingerprint density at radius 3 is 2.59 bits per heavy atom. The number of likely N-dealkylation sites (tertiary alicyclic amines) is 2. The molecule has 3 aromatic rings. The van der Waals surface area contributed by atoms with Crippen molar-refractivity contribution in [3.05, 3.63) is 71.2 Å². The Morgan fingerprint density at radius 2 is 1.74 bits per heavy atom. The third kappa shape index (κ3) is 4.81. The lowest BCUT2D eigenvalue weighted by molar-refractivity contribution is -0.132. The van der Waals surface area contributed by atoms with E-state index in [0.29, 0.717) is 23.8 Å². The third-order valence-electron chi connectivity index (χ3n) is 7.36. The average molecular weight is 457 g/mol. The molecule has 0 aliphatic carbocycles. The lowest BCUT2D eigenvalue weighted by atomic mass is 9.84. The second kappa shape index (κ2) is 9.53. The van der Waals surface area contributed by atoms with E-state index >= 15 is 0 Å². The van der Waals surface area contributed by atoms with Crippen LogP contribution in [0.4, 0.5) is 0 Å². The van der Waals surface area contributed by atoms with Crippen LogP contribution in [0.1, 0.15) is 46.3 Å². The monoisotopic (exact) mass is 456 g/mol. The van der Waals surface area contributed by atoms with Gasteiger partial charge in [0.1, 0.15) is 0 Å². The summed E-state index contributed by atoms with van der Waals surface area (Å²) in [5.41, 5.74) is 4.80. The molecule has 1 aromatic carbocycles. The zero-order valence-corrected chi connectivity index (χ0v) is 20.0. The van der Waals surface area contributed by atoms with Crippen molar-refractivity contribution in [1.29, 1.82) is 0 Å². The maximum absolute atomic E-state index is 13.2. The highest BCUT2D eigenvalue weighted by atomic mass is 16.2. The molecule has 2 fully saturated rings. The van der Waals surface area contributed by atoms with Gasteiger partial charge in [-0.2, -0.15) is 0 Å². The molecule has 0 bridgehead atoms. The highest BCUT2D eigenvalue weighted by Gasteiger charge is 2.35. The molecule has 176 valence electrons. The summed E-state index contributed by atoms with van der Waals surface area (Å²) in [6, 6.07) is 10.1. The molecular weight excluding hydrogens is 424 g/mol. The summed E-state index contributed by atoms with van der Waals surface area (Å²) in [5.74, 6) is 1.13. The van der Waals surface area contributed by atoms with Gasteiger partial charge in [-0.05, 0) is 73.8 Å². The number of fused-ring (bicyclic) bond motifs is 1. The second-order valence-corrected chi connectivity index (χ2v) is 10.0. The number of carbonyl (C=O) groups is 2. The van der Waals surface area contributed by atoms with Crippen LogP contribution in [-0.4, -0.2) is 57.8 Å². The van der Waals surface area contributed by atoms with Crippen molar-refractivity contribution in [3.63, 3.8) is 0 Å². The number of rotatable bonds is 4. The van der Waals surface area contributed by atoms with Gasteiger partial charge in [-0.1, -0.05) is 18.2 Å². The van der Waals surface area contributed by atoms with Crippen molar-refractivity contribution in [3.8, 4) is 0 Å². The number of benzene rings is 1. The minimum Gasteiger partial charge on any atom is -0.342 e. The van der Waals surface area contributed by atoms with Crippen molar-refractivity contribution in [2.45, 2.75) is 39.5 Å². The molecule has 2 amide bonds. The Balaban J connectivity index is 1.20. The highest BCUT2D eigenvalue weighted by molar-refractivity contribution is 5.97. The maximum atomic E-state index is 13.2. The summed E-state index contributed by atoms with van der Waals surface area (Å²) < 4.78 is 0. The van der Waals surface area contributed by atoms with Gasteiger partial charge in [0.15, 0.2) is 0 Å². The number of pyridine rings is 2. The van der Waals surface area contributed by atoms with Gasteiger partial charge in [0.25, 0.3) is 5.91 Å². The van der Waals surface area contributed by atoms with Crippen molar-refractivity contribution < 1.29 is 9.59 Å². The van der Waals surface area contributed by atoms with Gasteiger partial charge in [0.05, 0.1) is 17.5 Å². The zero-order chi connectivity index (χ0) is 23.7. The first-order chi connectivity index (χ1) is 16.5. The number of hydrogen-bond acceptors (Lipinski definition) is 4. The van der Waals surface area contributed by atoms with E-state index in [1.54, 1.807) is 12.4 Å². The molecule has 34 heavy (non-hydrogen) atoms. The Morgan fingerprint density at radius 1 is 0.912 bits per heavy atom. The van der Waals surface area contributed by atoms with Crippen LogP contribution in [0.5, 0.6) is 0 Å². The van der Waals surface area contributed by atoms with E-state index in [9.17, 15) is 9.59 Å². The van der Waals surface area contributed by atoms with Crippen molar-refractivity contribution >= 4 is 22.7 Å². The van der Waals surface area contributed by atoms with Gasteiger partial charge in [-0.25, -0.2) is 0 Å². The summed E-state index contributed by atoms with van der Waals surface area (Å²) in [6.07, 6.45) is 8.87. The fourth-order valence-corrected chi connectivity index (χ4v) is 5.51. The first-order valence-corrected chi connectivity index (χ1v) is 12.3. The normalized spacial score (nSPS) is 20.6. The lowest BCUT2D eigenvalue weighted by Crippen LogP contribution is -2.43. The smallest absolute Gasteiger partial charge is 0.255 e. The van der Waals surface area contributed by atoms with Crippen LogP contribution in [0.15, 0.2) is 48.9 Å². The Labute approximate surface area is 201 Å². The number of hydrogen-bond donors (Lipinski definition) is 0. The van der Waals surface area contributed by atoms with E-state index < -0.39 is 0 Å². The number of nitrogens with zero attached hydrogens (tertiary/aromatic N) is 4. The van der Waals surface area contributed by atoms with Crippen LogP contribution in [0.3, 0.4) is 0 Å². The third-order valence-corrected chi connectivity index (χ3v) is 7.36. The average Bonchev–Trinajstić information content (AvgIpc) is 3.34. The van der Waals surface area contributed by atoms with Gasteiger partial charge in [0, 0.05) is 50.2 Å². The minimum absolute atomic E-state index is 0.0631. The van der Waals surface area contributed by atoms with Gasteiger partial charge in [-0.15, -0.1) is 0 Å². The first-order valence-electron chi connectivity index (χ1n) is 12.3. The van der Waals surface area contributed by atoms with Gasteiger partial charge in [0.2, 0.25) is 5.91 Å². The highest BCUT2D eigenvalue weighted by Crippen LogP contribution is 2.32. The molecule has 0 N–H and O–H groups in total. The predicted molar refractivity (Wildman–Crippen MR) is 132 cm³/mol. The molecule has 2 aliphatic heterocycles. The Hall–Kier alpha value is -3.28. The standard InChI is InChI=1S/C28H32N4O2/c1-19-5-6-22-13-25(16-30-26(22)11-19)28(34)32-9-7-24(18-32)23-4-3-8-31(17-23)27(33)12-21-10-20(2)14-29-15-21/h5-6,10-11,13-16,23-24H,3-4,7-9,12,17-18H2,1-2H3. The molecule has 2 atom stereocenters. The van der Waals surface area contributed by atoms with Gasteiger partial charge in [-0.3, -0.25) is 19.6 Å². The molecular formula is C28H32N4O2. The van der Waals surface area contributed by atoms with E-state index in [2.05, 4.69) is 16.0 Å². The summed E-state index contributed by atoms with van der Waals surface area (Å²) in [5, 5.41) is 0.998. The number of amides is 2. The molecule has 5 rings (SSSR count). The van der Waals surface area contributed by atoms with E-state index in [1.165, 1.54) is 0 Å². The number of aromatic nitrogens is 2. The molecule has 0 spiro atoms. The van der Waals surface area contributed by atoms with Crippen molar-refractivity contribution in [2.75, 3.05) is 26.2 Å². The molecule has 2 aliphatic rings. The molecule has 0 saturated carbocycles. The zero-order valence-electron chi connectivity index (χ0n) is 20.0. The number of piperidine rings is 1. The molecule has 4 heterocycles. The first kappa shape index (κ1) is 22.5. The van der Waals surface area contributed by atoms with Crippen molar-refractivity contribution in [2.24, 2.45) is 11.8 Å². The number of carbonyl (C=O) groups excluding carboxylic acids is 2. The Kier molecular flexibility index (Phi) is 6.31. The molecule has 2 aromatic heterocycles. The second-order valence-electron chi connectivity index (χ2n) is 10.0. The van der Waals surface area contributed by atoms with Crippen LogP contribution in [-0.2, 0) is 11.2 Å². The van der Waals surface area contributed by atoms with E-state index in [-0.39, 0.29) is 11.8 Å². The summed E-state index contributed by atoms with van der Waals surface area (Å²) >= 11 is 0. The lowest BCUT2D eigenvalue weighted by Gasteiger charge is -2.36. The van der Waals surface area contributed by atoms with Gasteiger partial charge < -0.3 is 9.80 Å². The maximum Gasteiger partial charge on any atom is 0.255 e. The van der Waals surface area contributed by atoms with E-state index in [4.69, 9.17) is 0 Å². The SMILES string of the molecule is Cc1cncc(CC(=O)N2CCCC(C3CCN(C(=O)c4cnc5cc(C)ccc5c4)C3)C2)c1. The van der Waals surface area contributed by atoms with Crippen LogP contribution >= 0.6 is 0 Å². The Bertz CT molecular complexity index is 1220. The van der Waals surface area contributed by atoms with Gasteiger partial charge >= 0.3 is 0 Å². The molecule has 0 radical (unpaired) electrons. The molecule has 2 unspecified atom stereocenters. The van der Waals surface area contributed by atoms with E-state index in [1.807, 2.05) is 54.1 Å². The fourth-order valence-electron chi connectivity index (χ4n) is 5.51. The summed E-state index contributed by atoms with van der Waals surface area (Å²) in [6.45, 7) is 7.20.